The highest BCUT2D eigenvalue weighted by molar-refractivity contribution is 7.89. The van der Waals surface area contributed by atoms with E-state index in [-0.39, 0.29) is 22.7 Å². The number of rotatable bonds is 5. The molecule has 0 aliphatic carbocycles. The maximum Gasteiger partial charge on any atom is 0.262 e. The van der Waals surface area contributed by atoms with Crippen molar-refractivity contribution < 1.29 is 13.2 Å². The minimum atomic E-state index is -3.89. The summed E-state index contributed by atoms with van der Waals surface area (Å²) in [6.45, 7) is -0.266. The molecule has 4 aromatic rings. The highest BCUT2D eigenvalue weighted by Gasteiger charge is 2.13. The minimum Gasteiger partial charge on any atom is -0.324 e. The highest BCUT2D eigenvalue weighted by atomic mass is 32.2. The van der Waals surface area contributed by atoms with Gasteiger partial charge < -0.3 is 5.32 Å². The van der Waals surface area contributed by atoms with E-state index >= 15 is 0 Å². The second-order valence-corrected chi connectivity index (χ2v) is 9.09. The third-order valence-electron chi connectivity index (χ3n) is 4.34. The van der Waals surface area contributed by atoms with Gasteiger partial charge >= 0.3 is 0 Å². The van der Waals surface area contributed by atoms with Crippen LogP contribution in [0.15, 0.2) is 76.7 Å². The molecule has 2 aromatic heterocycles. The first-order chi connectivity index (χ1) is 14.3. The van der Waals surface area contributed by atoms with Crippen LogP contribution >= 0.6 is 11.3 Å². The third-order valence-corrected chi connectivity index (χ3v) is 6.34. The van der Waals surface area contributed by atoms with E-state index < -0.39 is 15.9 Å². The van der Waals surface area contributed by atoms with Crippen LogP contribution < -0.4 is 16.0 Å². The SMILES string of the molecule is NS(=O)(=O)c1cccc(NC(=O)Cn2cnc3sc(-c4ccccc4)cc3c2=O)c1. The van der Waals surface area contributed by atoms with Gasteiger partial charge in [-0.1, -0.05) is 36.4 Å². The van der Waals surface area contributed by atoms with E-state index in [0.717, 1.165) is 10.4 Å². The van der Waals surface area contributed by atoms with Gasteiger partial charge in [0, 0.05) is 10.6 Å². The number of nitrogens with two attached hydrogens (primary N) is 1. The topological polar surface area (TPSA) is 124 Å². The van der Waals surface area contributed by atoms with Gasteiger partial charge in [0.25, 0.3) is 5.56 Å². The third kappa shape index (κ3) is 4.15. The number of nitrogens with zero attached hydrogens (tertiary/aromatic N) is 2. The molecule has 0 saturated heterocycles. The normalized spacial score (nSPS) is 11.5. The molecule has 152 valence electrons. The minimum absolute atomic E-state index is 0.118. The summed E-state index contributed by atoms with van der Waals surface area (Å²) in [5, 5.41) is 8.10. The van der Waals surface area contributed by atoms with E-state index in [0.29, 0.717) is 10.2 Å². The molecule has 2 aromatic carbocycles. The molecule has 0 aliphatic heterocycles. The number of sulfonamides is 1. The summed E-state index contributed by atoms with van der Waals surface area (Å²) < 4.78 is 24.1. The van der Waals surface area contributed by atoms with Crippen molar-refractivity contribution in [2.75, 3.05) is 5.32 Å². The lowest BCUT2D eigenvalue weighted by Gasteiger charge is -2.08. The molecule has 4 rings (SSSR count). The number of benzene rings is 2. The molecule has 0 spiro atoms. The molecule has 1 amide bonds. The summed E-state index contributed by atoms with van der Waals surface area (Å²) in [5.41, 5.74) is 0.918. The number of hydrogen-bond donors (Lipinski definition) is 2. The number of anilines is 1. The Morgan fingerprint density at radius 3 is 2.60 bits per heavy atom. The van der Waals surface area contributed by atoms with Crippen molar-refractivity contribution in [2.24, 2.45) is 5.14 Å². The summed E-state index contributed by atoms with van der Waals surface area (Å²) in [4.78, 5) is 30.9. The standard InChI is InChI=1S/C20H16N4O4S2/c21-30(27,28)15-8-4-7-14(9-15)23-18(25)11-24-12-22-19-16(20(24)26)10-17(29-19)13-5-2-1-3-6-13/h1-10,12H,11H2,(H,23,25)(H2,21,27,28). The van der Waals surface area contributed by atoms with E-state index in [1.165, 1.54) is 46.5 Å². The Morgan fingerprint density at radius 1 is 1.10 bits per heavy atom. The van der Waals surface area contributed by atoms with Crippen LogP contribution in [0.3, 0.4) is 0 Å². The molecule has 0 radical (unpaired) electrons. The number of fused-ring (bicyclic) bond motifs is 1. The number of carbonyl (C=O) groups is 1. The van der Waals surface area contributed by atoms with Crippen molar-refractivity contribution in [3.05, 3.63) is 77.3 Å². The molecule has 10 heteroatoms. The van der Waals surface area contributed by atoms with Gasteiger partial charge in [-0.2, -0.15) is 0 Å². The average molecular weight is 441 g/mol. The van der Waals surface area contributed by atoms with Gasteiger partial charge in [-0.05, 0) is 29.8 Å². The lowest BCUT2D eigenvalue weighted by atomic mass is 10.2. The Hall–Kier alpha value is -3.34. The van der Waals surface area contributed by atoms with Crippen molar-refractivity contribution in [3.8, 4) is 10.4 Å². The summed E-state index contributed by atoms with van der Waals surface area (Å²) >= 11 is 1.40. The summed E-state index contributed by atoms with van der Waals surface area (Å²) in [5.74, 6) is -0.497. The second kappa shape index (κ2) is 7.82. The van der Waals surface area contributed by atoms with E-state index in [1.54, 1.807) is 6.07 Å². The predicted octanol–water partition coefficient (Wildman–Crippen LogP) is 2.41. The van der Waals surface area contributed by atoms with Crippen LogP contribution in [-0.4, -0.2) is 23.9 Å². The van der Waals surface area contributed by atoms with Gasteiger partial charge in [-0.15, -0.1) is 11.3 Å². The fourth-order valence-electron chi connectivity index (χ4n) is 2.92. The number of thiophene rings is 1. The second-order valence-electron chi connectivity index (χ2n) is 6.49. The molecule has 2 heterocycles. The van der Waals surface area contributed by atoms with Gasteiger partial charge in [-0.25, -0.2) is 18.5 Å². The van der Waals surface area contributed by atoms with E-state index in [2.05, 4.69) is 10.3 Å². The van der Waals surface area contributed by atoms with Crippen LogP contribution in [0.4, 0.5) is 5.69 Å². The number of aromatic nitrogens is 2. The summed E-state index contributed by atoms with van der Waals surface area (Å²) in [6.07, 6.45) is 1.33. The van der Waals surface area contributed by atoms with Crippen molar-refractivity contribution in [1.29, 1.82) is 0 Å². The fraction of sp³-hybridized carbons (Fsp3) is 0.0500. The Morgan fingerprint density at radius 2 is 1.87 bits per heavy atom. The van der Waals surface area contributed by atoms with E-state index in [9.17, 15) is 18.0 Å². The van der Waals surface area contributed by atoms with Crippen molar-refractivity contribution in [3.63, 3.8) is 0 Å². The quantitative estimate of drug-likeness (QED) is 0.493. The monoisotopic (exact) mass is 440 g/mol. The summed E-state index contributed by atoms with van der Waals surface area (Å²) in [6, 6.07) is 17.0. The van der Waals surface area contributed by atoms with Gasteiger partial charge in [-0.3, -0.25) is 14.2 Å². The number of amides is 1. The first-order valence-electron chi connectivity index (χ1n) is 8.78. The van der Waals surface area contributed by atoms with Crippen LogP contribution in [0, 0.1) is 0 Å². The first-order valence-corrected chi connectivity index (χ1v) is 11.1. The van der Waals surface area contributed by atoms with Gasteiger partial charge in [0.15, 0.2) is 0 Å². The van der Waals surface area contributed by atoms with E-state index in [1.807, 2.05) is 30.3 Å². The van der Waals surface area contributed by atoms with Gasteiger partial charge in [0.1, 0.15) is 11.4 Å². The van der Waals surface area contributed by atoms with Crippen LogP contribution in [0.25, 0.3) is 20.7 Å². The van der Waals surface area contributed by atoms with Crippen LogP contribution in [0.2, 0.25) is 0 Å². The lowest BCUT2D eigenvalue weighted by Crippen LogP contribution is -2.27. The molecule has 3 N–H and O–H groups in total. The van der Waals surface area contributed by atoms with Gasteiger partial charge in [0.05, 0.1) is 16.6 Å². The van der Waals surface area contributed by atoms with Crippen LogP contribution in [0.1, 0.15) is 0 Å². The van der Waals surface area contributed by atoms with Crippen LogP contribution in [-0.2, 0) is 21.4 Å². The van der Waals surface area contributed by atoms with Crippen LogP contribution in [0.5, 0.6) is 0 Å². The molecular weight excluding hydrogens is 424 g/mol. The number of nitrogens with one attached hydrogen (secondary N) is 1. The molecule has 0 bridgehead atoms. The summed E-state index contributed by atoms with van der Waals surface area (Å²) in [7, 11) is -3.89. The van der Waals surface area contributed by atoms with Crippen molar-refractivity contribution >= 4 is 43.2 Å². The molecule has 0 fully saturated rings. The average Bonchev–Trinajstić information content (AvgIpc) is 3.16. The smallest absolute Gasteiger partial charge is 0.262 e. The molecule has 0 unspecified atom stereocenters. The number of carbonyl (C=O) groups excluding carboxylic acids is 1. The van der Waals surface area contributed by atoms with E-state index in [4.69, 9.17) is 5.14 Å². The Balaban J connectivity index is 1.57. The Labute approximate surface area is 175 Å². The number of primary sulfonamides is 1. The fourth-order valence-corrected chi connectivity index (χ4v) is 4.48. The Bertz CT molecular complexity index is 1410. The maximum absolute atomic E-state index is 12.8. The Kier molecular flexibility index (Phi) is 5.20. The van der Waals surface area contributed by atoms with Crippen molar-refractivity contribution in [2.45, 2.75) is 11.4 Å². The largest absolute Gasteiger partial charge is 0.324 e. The van der Waals surface area contributed by atoms with Gasteiger partial charge in [0.2, 0.25) is 15.9 Å². The maximum atomic E-state index is 12.8. The zero-order valence-electron chi connectivity index (χ0n) is 15.5. The first kappa shape index (κ1) is 20.0. The molecular formula is C20H16N4O4S2. The highest BCUT2D eigenvalue weighted by Crippen LogP contribution is 2.30. The zero-order valence-corrected chi connectivity index (χ0v) is 17.1. The molecule has 0 saturated carbocycles. The molecule has 30 heavy (non-hydrogen) atoms. The number of hydrogen-bond acceptors (Lipinski definition) is 6. The van der Waals surface area contributed by atoms with Crippen molar-refractivity contribution in [1.82, 2.24) is 9.55 Å². The predicted molar refractivity (Wildman–Crippen MR) is 116 cm³/mol. The molecule has 8 nitrogen and oxygen atoms in total. The molecule has 0 aliphatic rings. The lowest BCUT2D eigenvalue weighted by molar-refractivity contribution is -0.116. The molecule has 0 atom stereocenters. The zero-order chi connectivity index (χ0) is 21.3.